The molecule has 0 aliphatic heterocycles. The van der Waals surface area contributed by atoms with E-state index in [1.807, 2.05) is 18.2 Å². The summed E-state index contributed by atoms with van der Waals surface area (Å²) < 4.78 is 30.2. The van der Waals surface area contributed by atoms with Gasteiger partial charge in [0.05, 0.1) is 11.4 Å². The van der Waals surface area contributed by atoms with Crippen LogP contribution in [-0.4, -0.2) is 26.0 Å². The molecule has 1 aromatic rings. The summed E-state index contributed by atoms with van der Waals surface area (Å²) in [6.07, 6.45) is 4.38. The first-order valence-electron chi connectivity index (χ1n) is 6.60. The second-order valence-corrected chi connectivity index (χ2v) is 8.69. The number of halogens is 2. The molecule has 1 aromatic carbocycles. The van der Waals surface area contributed by atoms with Crippen molar-refractivity contribution in [3.05, 3.63) is 28.2 Å². The van der Waals surface area contributed by atoms with E-state index in [4.69, 9.17) is 16.3 Å². The summed E-state index contributed by atoms with van der Waals surface area (Å²) in [5.74, 6) is 1.16. The summed E-state index contributed by atoms with van der Waals surface area (Å²) in [7, 11) is -2.98. The fraction of sp³-hybridized carbons (Fsp3) is 0.571. The monoisotopic (exact) mass is 380 g/mol. The molecule has 2 unspecified atom stereocenters. The Kier molecular flexibility index (Phi) is 5.37. The molecule has 2 atom stereocenters. The molecule has 0 bridgehead atoms. The van der Waals surface area contributed by atoms with E-state index in [9.17, 15) is 8.42 Å². The van der Waals surface area contributed by atoms with E-state index in [-0.39, 0.29) is 11.4 Å². The van der Waals surface area contributed by atoms with E-state index in [1.54, 1.807) is 0 Å². The molecular weight excluding hydrogens is 364 g/mol. The molecule has 20 heavy (non-hydrogen) atoms. The van der Waals surface area contributed by atoms with E-state index in [1.165, 1.54) is 6.26 Å². The van der Waals surface area contributed by atoms with Crippen molar-refractivity contribution in [3.8, 4) is 5.75 Å². The lowest BCUT2D eigenvalue weighted by molar-refractivity contribution is 0.156. The van der Waals surface area contributed by atoms with Crippen molar-refractivity contribution in [2.24, 2.45) is 0 Å². The van der Waals surface area contributed by atoms with Gasteiger partial charge in [-0.3, -0.25) is 0 Å². The molecule has 0 aromatic heterocycles. The third-order valence-corrected chi connectivity index (χ3v) is 6.35. The average Bonchev–Trinajstić information content (AvgIpc) is 2.40. The average molecular weight is 382 g/mol. The van der Waals surface area contributed by atoms with Crippen LogP contribution in [0.15, 0.2) is 22.7 Å². The molecule has 2 rings (SSSR count). The molecule has 0 heterocycles. The summed E-state index contributed by atoms with van der Waals surface area (Å²) >= 11 is 9.30. The Labute approximate surface area is 133 Å². The van der Waals surface area contributed by atoms with Gasteiger partial charge in [0, 0.05) is 23.0 Å². The highest BCUT2D eigenvalue weighted by atomic mass is 79.9. The molecule has 0 saturated heterocycles. The minimum Gasteiger partial charge on any atom is -0.490 e. The van der Waals surface area contributed by atoms with Gasteiger partial charge in [-0.15, -0.1) is 11.6 Å². The molecule has 0 N–H and O–H groups in total. The van der Waals surface area contributed by atoms with Crippen LogP contribution in [0.2, 0.25) is 0 Å². The van der Waals surface area contributed by atoms with E-state index < -0.39 is 9.84 Å². The molecule has 0 spiro atoms. The van der Waals surface area contributed by atoms with Gasteiger partial charge < -0.3 is 4.74 Å². The van der Waals surface area contributed by atoms with Crippen LogP contribution in [0, 0.1) is 0 Å². The highest BCUT2D eigenvalue weighted by Gasteiger charge is 2.29. The van der Waals surface area contributed by atoms with Crippen LogP contribution >= 0.6 is 27.5 Å². The number of ether oxygens (including phenoxy) is 1. The van der Waals surface area contributed by atoms with Crippen LogP contribution in [-0.2, 0) is 15.7 Å². The van der Waals surface area contributed by atoms with Crippen molar-refractivity contribution >= 4 is 37.4 Å². The van der Waals surface area contributed by atoms with Gasteiger partial charge in [-0.05, 0) is 43.0 Å². The molecule has 6 heteroatoms. The van der Waals surface area contributed by atoms with Gasteiger partial charge in [-0.1, -0.05) is 15.9 Å². The Morgan fingerprint density at radius 2 is 2.15 bits per heavy atom. The zero-order valence-electron chi connectivity index (χ0n) is 11.3. The molecule has 1 fully saturated rings. The van der Waals surface area contributed by atoms with Crippen molar-refractivity contribution in [1.29, 1.82) is 0 Å². The molecule has 1 aliphatic carbocycles. The Bertz CT molecular complexity index is 574. The third-order valence-electron chi connectivity index (χ3n) is 3.65. The highest BCUT2D eigenvalue weighted by Crippen LogP contribution is 2.29. The van der Waals surface area contributed by atoms with Gasteiger partial charge in [0.25, 0.3) is 0 Å². The minimum atomic E-state index is -2.98. The number of hydrogen-bond donors (Lipinski definition) is 0. The minimum absolute atomic E-state index is 0.0344. The first-order chi connectivity index (χ1) is 9.40. The number of hydrogen-bond acceptors (Lipinski definition) is 3. The van der Waals surface area contributed by atoms with Crippen molar-refractivity contribution in [3.63, 3.8) is 0 Å². The fourth-order valence-corrected chi connectivity index (χ4v) is 4.45. The highest BCUT2D eigenvalue weighted by molar-refractivity contribution is 9.10. The predicted molar refractivity (Wildman–Crippen MR) is 85.2 cm³/mol. The second-order valence-electron chi connectivity index (χ2n) is 5.24. The van der Waals surface area contributed by atoms with Crippen molar-refractivity contribution in [1.82, 2.24) is 0 Å². The Morgan fingerprint density at radius 1 is 1.40 bits per heavy atom. The Balaban J connectivity index is 2.06. The third kappa shape index (κ3) is 4.12. The van der Waals surface area contributed by atoms with Crippen LogP contribution in [0.5, 0.6) is 5.75 Å². The van der Waals surface area contributed by atoms with Gasteiger partial charge in [-0.25, -0.2) is 8.42 Å². The summed E-state index contributed by atoms with van der Waals surface area (Å²) in [4.78, 5) is 0. The molecular formula is C14H18BrClO3S. The summed E-state index contributed by atoms with van der Waals surface area (Å²) in [5, 5.41) is -0.274. The summed E-state index contributed by atoms with van der Waals surface area (Å²) in [6.45, 7) is 0. The first kappa shape index (κ1) is 16.1. The van der Waals surface area contributed by atoms with E-state index in [0.717, 1.165) is 35.0 Å². The lowest BCUT2D eigenvalue weighted by Crippen LogP contribution is -2.33. The maximum atomic E-state index is 11.7. The van der Waals surface area contributed by atoms with Crippen LogP contribution in [0.4, 0.5) is 0 Å². The van der Waals surface area contributed by atoms with E-state index in [0.29, 0.717) is 12.3 Å². The number of benzene rings is 1. The van der Waals surface area contributed by atoms with E-state index >= 15 is 0 Å². The fourth-order valence-electron chi connectivity index (χ4n) is 2.52. The normalized spacial score (nSPS) is 23.6. The Hall–Kier alpha value is -0.260. The van der Waals surface area contributed by atoms with Gasteiger partial charge >= 0.3 is 0 Å². The smallest absolute Gasteiger partial charge is 0.150 e. The van der Waals surface area contributed by atoms with Crippen LogP contribution in [0.25, 0.3) is 0 Å². The summed E-state index contributed by atoms with van der Waals surface area (Å²) in [6, 6.07) is 5.69. The standard InChI is InChI=1S/C14H18BrClO3S/c1-20(17,18)13-4-2-3-11(8-13)19-12-5-6-14(15)10(7-12)9-16/h5-7,11,13H,2-4,8-9H2,1H3. The topological polar surface area (TPSA) is 43.4 Å². The van der Waals surface area contributed by atoms with Crippen LogP contribution in [0.1, 0.15) is 31.2 Å². The second kappa shape index (κ2) is 6.67. The zero-order valence-corrected chi connectivity index (χ0v) is 14.5. The number of rotatable bonds is 4. The molecule has 112 valence electrons. The van der Waals surface area contributed by atoms with Crippen molar-refractivity contribution in [2.75, 3.05) is 6.26 Å². The van der Waals surface area contributed by atoms with E-state index in [2.05, 4.69) is 15.9 Å². The molecule has 3 nitrogen and oxygen atoms in total. The van der Waals surface area contributed by atoms with Crippen LogP contribution < -0.4 is 4.74 Å². The summed E-state index contributed by atoms with van der Waals surface area (Å²) in [5.41, 5.74) is 0.972. The van der Waals surface area contributed by atoms with Crippen molar-refractivity contribution in [2.45, 2.75) is 42.9 Å². The molecule has 1 saturated carbocycles. The Morgan fingerprint density at radius 3 is 2.80 bits per heavy atom. The quantitative estimate of drug-likeness (QED) is 0.742. The van der Waals surface area contributed by atoms with Gasteiger partial charge in [0.2, 0.25) is 0 Å². The maximum absolute atomic E-state index is 11.7. The largest absolute Gasteiger partial charge is 0.490 e. The molecule has 0 amide bonds. The molecule has 0 radical (unpaired) electrons. The van der Waals surface area contributed by atoms with Gasteiger partial charge in [0.1, 0.15) is 15.6 Å². The van der Waals surface area contributed by atoms with Gasteiger partial charge in [0.15, 0.2) is 0 Å². The molecule has 1 aliphatic rings. The van der Waals surface area contributed by atoms with Gasteiger partial charge in [-0.2, -0.15) is 0 Å². The predicted octanol–water partition coefficient (Wildman–Crippen LogP) is 3.92. The first-order valence-corrected chi connectivity index (χ1v) is 9.88. The lowest BCUT2D eigenvalue weighted by Gasteiger charge is -2.28. The SMILES string of the molecule is CS(=O)(=O)C1CCCC(Oc2ccc(Br)c(CCl)c2)C1. The van der Waals surface area contributed by atoms with Crippen LogP contribution in [0.3, 0.4) is 0 Å². The maximum Gasteiger partial charge on any atom is 0.150 e. The number of alkyl halides is 1. The number of sulfone groups is 1. The zero-order chi connectivity index (χ0) is 14.8. The lowest BCUT2D eigenvalue weighted by atomic mass is 9.97. The van der Waals surface area contributed by atoms with Crippen molar-refractivity contribution < 1.29 is 13.2 Å².